The van der Waals surface area contributed by atoms with E-state index in [9.17, 15) is 0 Å². The number of amidine groups is 1. The summed E-state index contributed by atoms with van der Waals surface area (Å²) >= 11 is 0. The van der Waals surface area contributed by atoms with Gasteiger partial charge in [0.25, 0.3) is 0 Å². The van der Waals surface area contributed by atoms with Crippen molar-refractivity contribution < 1.29 is 4.74 Å². The van der Waals surface area contributed by atoms with Crippen LogP contribution in [-0.4, -0.2) is 32.1 Å². The highest BCUT2D eigenvalue weighted by Gasteiger charge is 2.03. The number of nitrogens with zero attached hydrogens (tertiary/aromatic N) is 1. The molecule has 1 aliphatic rings. The summed E-state index contributed by atoms with van der Waals surface area (Å²) in [4.78, 5) is 4.28. The Balaban J connectivity index is 1.94. The fourth-order valence-corrected chi connectivity index (χ4v) is 1.10. The van der Waals surface area contributed by atoms with Crippen LogP contribution < -0.4 is 5.32 Å². The molecule has 64 valence electrons. The largest absolute Gasteiger partial charge is 0.380 e. The lowest BCUT2D eigenvalue weighted by molar-refractivity contribution is 0.152. The van der Waals surface area contributed by atoms with E-state index in [1.807, 2.05) is 6.92 Å². The zero-order valence-corrected chi connectivity index (χ0v) is 7.10. The van der Waals surface area contributed by atoms with Gasteiger partial charge in [-0.15, -0.1) is 0 Å². The molecule has 0 spiro atoms. The van der Waals surface area contributed by atoms with Crippen LogP contribution in [-0.2, 0) is 4.74 Å². The quantitative estimate of drug-likeness (QED) is 0.611. The third-order valence-corrected chi connectivity index (χ3v) is 1.65. The van der Waals surface area contributed by atoms with Gasteiger partial charge in [-0.05, 0) is 13.3 Å². The number of rotatable bonds is 4. The maximum atomic E-state index is 5.18. The van der Waals surface area contributed by atoms with E-state index in [4.69, 9.17) is 4.74 Å². The zero-order chi connectivity index (χ0) is 7.94. The molecule has 1 heterocycles. The summed E-state index contributed by atoms with van der Waals surface area (Å²) in [6.07, 6.45) is 2.32. The van der Waals surface area contributed by atoms with Crippen LogP contribution in [0.15, 0.2) is 4.99 Å². The number of hydrogen-bond donors (Lipinski definition) is 1. The van der Waals surface area contributed by atoms with Crippen LogP contribution in [0.4, 0.5) is 0 Å². The van der Waals surface area contributed by atoms with Crippen molar-refractivity contribution in [1.82, 2.24) is 5.32 Å². The Bertz CT molecular complexity index is 134. The fourth-order valence-electron chi connectivity index (χ4n) is 1.10. The van der Waals surface area contributed by atoms with Crippen LogP contribution in [0.25, 0.3) is 0 Å². The maximum Gasteiger partial charge on any atom is 0.0964 e. The molecule has 0 saturated heterocycles. The van der Waals surface area contributed by atoms with Crippen LogP contribution >= 0.6 is 0 Å². The Hall–Kier alpha value is -0.570. The van der Waals surface area contributed by atoms with E-state index in [1.165, 1.54) is 6.42 Å². The van der Waals surface area contributed by atoms with Gasteiger partial charge in [0.15, 0.2) is 0 Å². The Morgan fingerprint density at radius 1 is 1.64 bits per heavy atom. The average Bonchev–Trinajstić information content (AvgIpc) is 2.50. The Morgan fingerprint density at radius 3 is 3.18 bits per heavy atom. The van der Waals surface area contributed by atoms with Crippen LogP contribution in [0.1, 0.15) is 19.8 Å². The van der Waals surface area contributed by atoms with Crippen molar-refractivity contribution in [2.45, 2.75) is 19.8 Å². The molecule has 0 aromatic rings. The number of hydrogen-bond acceptors (Lipinski definition) is 3. The van der Waals surface area contributed by atoms with Gasteiger partial charge in [0, 0.05) is 26.1 Å². The lowest BCUT2D eigenvalue weighted by Gasteiger charge is -2.04. The summed E-state index contributed by atoms with van der Waals surface area (Å²) in [5, 5.41) is 3.24. The van der Waals surface area contributed by atoms with Gasteiger partial charge in [-0.3, -0.25) is 4.99 Å². The lowest BCUT2D eigenvalue weighted by atomic mass is 10.3. The smallest absolute Gasteiger partial charge is 0.0964 e. The molecule has 0 radical (unpaired) electrons. The lowest BCUT2D eigenvalue weighted by Crippen LogP contribution is -2.25. The van der Waals surface area contributed by atoms with Crippen LogP contribution in [0.5, 0.6) is 0 Å². The number of aliphatic imine (C=N–C) groups is 1. The van der Waals surface area contributed by atoms with Crippen LogP contribution in [0, 0.1) is 0 Å². The molecule has 0 amide bonds. The molecule has 3 heteroatoms. The van der Waals surface area contributed by atoms with E-state index in [0.717, 1.165) is 38.6 Å². The van der Waals surface area contributed by atoms with Gasteiger partial charge < -0.3 is 10.1 Å². The molecule has 0 aromatic carbocycles. The van der Waals surface area contributed by atoms with Gasteiger partial charge >= 0.3 is 0 Å². The average molecular weight is 156 g/mol. The molecule has 3 nitrogen and oxygen atoms in total. The summed E-state index contributed by atoms with van der Waals surface area (Å²) in [6.45, 7) is 5.49. The van der Waals surface area contributed by atoms with Crippen molar-refractivity contribution in [2.24, 2.45) is 4.99 Å². The van der Waals surface area contributed by atoms with Crippen molar-refractivity contribution in [3.05, 3.63) is 0 Å². The van der Waals surface area contributed by atoms with E-state index in [0.29, 0.717) is 0 Å². The minimum atomic E-state index is 0.787. The highest BCUT2D eigenvalue weighted by molar-refractivity contribution is 5.83. The molecule has 1 N–H and O–H groups in total. The third kappa shape index (κ3) is 3.37. The molecular weight excluding hydrogens is 140 g/mol. The highest BCUT2D eigenvalue weighted by Crippen LogP contribution is 2.00. The Kier molecular flexibility index (Phi) is 3.98. The molecule has 0 aliphatic carbocycles. The zero-order valence-electron chi connectivity index (χ0n) is 7.10. The van der Waals surface area contributed by atoms with Gasteiger partial charge in [-0.25, -0.2) is 0 Å². The molecule has 1 aliphatic heterocycles. The molecule has 11 heavy (non-hydrogen) atoms. The SMILES string of the molecule is CCOCCNC1=NCCC1. The topological polar surface area (TPSA) is 33.6 Å². The fraction of sp³-hybridized carbons (Fsp3) is 0.875. The second-order valence-corrected chi connectivity index (χ2v) is 2.56. The Morgan fingerprint density at radius 2 is 2.55 bits per heavy atom. The summed E-state index contributed by atoms with van der Waals surface area (Å²) in [7, 11) is 0. The van der Waals surface area contributed by atoms with E-state index in [-0.39, 0.29) is 0 Å². The Labute approximate surface area is 67.8 Å². The highest BCUT2D eigenvalue weighted by atomic mass is 16.5. The van der Waals surface area contributed by atoms with Gasteiger partial charge in [0.05, 0.1) is 12.4 Å². The van der Waals surface area contributed by atoms with Crippen molar-refractivity contribution in [2.75, 3.05) is 26.3 Å². The molecule has 0 aromatic heterocycles. The summed E-state index contributed by atoms with van der Waals surface area (Å²) in [5.74, 6) is 1.16. The second kappa shape index (κ2) is 5.13. The standard InChI is InChI=1S/C8H16N2O/c1-2-11-7-6-10-8-4-3-5-9-8/h2-7H2,1H3,(H,9,10). The molecule has 0 unspecified atom stereocenters. The van der Waals surface area contributed by atoms with Gasteiger partial charge in [-0.1, -0.05) is 0 Å². The molecular formula is C8H16N2O. The number of ether oxygens (including phenoxy) is 1. The molecule has 0 bridgehead atoms. The minimum absolute atomic E-state index is 0.787. The second-order valence-electron chi connectivity index (χ2n) is 2.56. The van der Waals surface area contributed by atoms with E-state index >= 15 is 0 Å². The van der Waals surface area contributed by atoms with Gasteiger partial charge in [-0.2, -0.15) is 0 Å². The first-order valence-electron chi connectivity index (χ1n) is 4.28. The first-order chi connectivity index (χ1) is 5.43. The third-order valence-electron chi connectivity index (χ3n) is 1.65. The normalized spacial score (nSPS) is 16.6. The maximum absolute atomic E-state index is 5.18. The van der Waals surface area contributed by atoms with Crippen molar-refractivity contribution in [3.63, 3.8) is 0 Å². The minimum Gasteiger partial charge on any atom is -0.380 e. The van der Waals surface area contributed by atoms with Crippen molar-refractivity contribution in [1.29, 1.82) is 0 Å². The molecule has 0 atom stereocenters. The first-order valence-corrected chi connectivity index (χ1v) is 4.28. The molecule has 0 fully saturated rings. The predicted molar refractivity (Wildman–Crippen MR) is 46.0 cm³/mol. The summed E-state index contributed by atoms with van der Waals surface area (Å²) in [5.41, 5.74) is 0. The molecule has 1 rings (SSSR count). The summed E-state index contributed by atoms with van der Waals surface area (Å²) in [6, 6.07) is 0. The van der Waals surface area contributed by atoms with Crippen molar-refractivity contribution >= 4 is 5.84 Å². The van der Waals surface area contributed by atoms with E-state index < -0.39 is 0 Å². The van der Waals surface area contributed by atoms with Crippen LogP contribution in [0.2, 0.25) is 0 Å². The predicted octanol–water partition coefficient (Wildman–Crippen LogP) is 0.805. The van der Waals surface area contributed by atoms with E-state index in [2.05, 4.69) is 10.3 Å². The van der Waals surface area contributed by atoms with Crippen LogP contribution in [0.3, 0.4) is 0 Å². The van der Waals surface area contributed by atoms with E-state index in [1.54, 1.807) is 0 Å². The molecule has 0 saturated carbocycles. The monoisotopic (exact) mass is 156 g/mol. The van der Waals surface area contributed by atoms with Gasteiger partial charge in [0.1, 0.15) is 0 Å². The first kappa shape index (κ1) is 8.53. The number of nitrogens with one attached hydrogen (secondary N) is 1. The van der Waals surface area contributed by atoms with Crippen molar-refractivity contribution in [3.8, 4) is 0 Å². The summed E-state index contributed by atoms with van der Waals surface area (Å²) < 4.78 is 5.18. The van der Waals surface area contributed by atoms with Gasteiger partial charge in [0.2, 0.25) is 0 Å².